The van der Waals surface area contributed by atoms with Gasteiger partial charge in [-0.15, -0.1) is 0 Å². The molecule has 1 N–H and O–H groups in total. The molecular weight excluding hydrogens is 372 g/mol. The van der Waals surface area contributed by atoms with Gasteiger partial charge in [0.25, 0.3) is 5.91 Å². The lowest BCUT2D eigenvalue weighted by molar-refractivity contribution is -0.131. The van der Waals surface area contributed by atoms with E-state index in [1.54, 1.807) is 0 Å². The zero-order valence-corrected chi connectivity index (χ0v) is 18.7. The smallest absolute Gasteiger partial charge is 0.255 e. The fraction of sp³-hybridized carbons (Fsp3) is 0.462. The summed E-state index contributed by atoms with van der Waals surface area (Å²) in [5.74, 6) is 0.431. The van der Waals surface area contributed by atoms with Gasteiger partial charge in [-0.3, -0.25) is 9.59 Å². The van der Waals surface area contributed by atoms with Crippen molar-refractivity contribution in [3.05, 3.63) is 70.8 Å². The predicted octanol–water partition coefficient (Wildman–Crippen LogP) is 4.55. The first-order chi connectivity index (χ1) is 14.3. The van der Waals surface area contributed by atoms with Gasteiger partial charge in [0.05, 0.1) is 0 Å². The summed E-state index contributed by atoms with van der Waals surface area (Å²) in [5, 5.41) is 3.10. The number of nitrogens with one attached hydrogen (secondary N) is 1. The Morgan fingerprint density at radius 1 is 1.13 bits per heavy atom. The van der Waals surface area contributed by atoms with E-state index < -0.39 is 5.54 Å². The fourth-order valence-electron chi connectivity index (χ4n) is 4.07. The molecule has 0 saturated heterocycles. The first-order valence-electron chi connectivity index (χ1n) is 11.0. The van der Waals surface area contributed by atoms with Crippen LogP contribution in [0.1, 0.15) is 60.7 Å². The van der Waals surface area contributed by atoms with E-state index in [-0.39, 0.29) is 11.8 Å². The van der Waals surface area contributed by atoms with E-state index in [0.717, 1.165) is 30.4 Å². The number of amides is 2. The molecule has 1 unspecified atom stereocenters. The van der Waals surface area contributed by atoms with Crippen LogP contribution in [0, 0.1) is 12.8 Å². The third-order valence-corrected chi connectivity index (χ3v) is 6.21. The molecule has 0 spiro atoms. The van der Waals surface area contributed by atoms with E-state index in [1.807, 2.05) is 36.1 Å². The van der Waals surface area contributed by atoms with Crippen LogP contribution in [0.15, 0.2) is 48.5 Å². The van der Waals surface area contributed by atoms with Gasteiger partial charge < -0.3 is 10.2 Å². The molecule has 0 radical (unpaired) electrons. The molecule has 1 atom stereocenters. The summed E-state index contributed by atoms with van der Waals surface area (Å²) in [7, 11) is 0. The van der Waals surface area contributed by atoms with Gasteiger partial charge in [0, 0.05) is 18.7 Å². The van der Waals surface area contributed by atoms with Crippen LogP contribution in [-0.4, -0.2) is 35.3 Å². The number of fused-ring (bicyclic) bond motifs is 1. The molecule has 4 heteroatoms. The third kappa shape index (κ3) is 4.92. The molecule has 2 aromatic rings. The van der Waals surface area contributed by atoms with Crippen molar-refractivity contribution in [1.82, 2.24) is 10.2 Å². The van der Waals surface area contributed by atoms with Gasteiger partial charge in [0.15, 0.2) is 0 Å². The van der Waals surface area contributed by atoms with Gasteiger partial charge in [0.2, 0.25) is 5.91 Å². The fourth-order valence-corrected chi connectivity index (χ4v) is 4.07. The summed E-state index contributed by atoms with van der Waals surface area (Å²) in [6.07, 6.45) is 3.00. The second-order valence-electron chi connectivity index (χ2n) is 9.06. The predicted molar refractivity (Wildman–Crippen MR) is 122 cm³/mol. The number of benzene rings is 2. The van der Waals surface area contributed by atoms with Crippen LogP contribution in [-0.2, 0) is 17.6 Å². The second-order valence-corrected chi connectivity index (χ2v) is 9.06. The first-order valence-corrected chi connectivity index (χ1v) is 11.0. The minimum absolute atomic E-state index is 0.0447. The van der Waals surface area contributed by atoms with Crippen LogP contribution in [0.5, 0.6) is 0 Å². The average molecular weight is 407 g/mol. The first kappa shape index (κ1) is 22.1. The standard InChI is InChI=1S/C26H34N2O2/c1-19(2)14-17-27-25(30)26(4)16-13-22-7-5-6-8-23(22)24(29)28(26)18-15-21-11-9-20(3)10-12-21/h5-12,19H,13-18H2,1-4H3,(H,27,30). The molecule has 1 heterocycles. The number of aryl methyl sites for hydroxylation is 2. The van der Waals surface area contributed by atoms with Gasteiger partial charge >= 0.3 is 0 Å². The monoisotopic (exact) mass is 406 g/mol. The maximum absolute atomic E-state index is 13.6. The van der Waals surface area contributed by atoms with Crippen molar-refractivity contribution in [1.29, 1.82) is 0 Å². The Balaban J connectivity index is 1.86. The van der Waals surface area contributed by atoms with Crippen molar-refractivity contribution in [2.45, 2.75) is 58.9 Å². The van der Waals surface area contributed by atoms with E-state index in [1.165, 1.54) is 11.1 Å². The number of carbonyl (C=O) groups excluding carboxylic acids is 2. The van der Waals surface area contributed by atoms with E-state index in [0.29, 0.717) is 25.4 Å². The van der Waals surface area contributed by atoms with E-state index >= 15 is 0 Å². The van der Waals surface area contributed by atoms with Crippen LogP contribution in [0.4, 0.5) is 0 Å². The lowest BCUT2D eigenvalue weighted by Crippen LogP contribution is -2.59. The highest BCUT2D eigenvalue weighted by atomic mass is 16.2. The molecule has 0 saturated carbocycles. The van der Waals surface area contributed by atoms with Crippen LogP contribution < -0.4 is 5.32 Å². The highest BCUT2D eigenvalue weighted by Gasteiger charge is 2.44. The minimum atomic E-state index is -0.863. The Bertz CT molecular complexity index is 888. The molecular formula is C26H34N2O2. The van der Waals surface area contributed by atoms with E-state index in [2.05, 4.69) is 50.4 Å². The summed E-state index contributed by atoms with van der Waals surface area (Å²) >= 11 is 0. The van der Waals surface area contributed by atoms with Crippen molar-refractivity contribution in [3.8, 4) is 0 Å². The minimum Gasteiger partial charge on any atom is -0.354 e. The molecule has 1 aliphatic rings. The molecule has 2 amide bonds. The molecule has 0 aromatic heterocycles. The van der Waals surface area contributed by atoms with Gasteiger partial charge in [0.1, 0.15) is 5.54 Å². The lowest BCUT2D eigenvalue weighted by atomic mass is 9.91. The van der Waals surface area contributed by atoms with Crippen molar-refractivity contribution in [2.75, 3.05) is 13.1 Å². The van der Waals surface area contributed by atoms with Crippen LogP contribution in [0.25, 0.3) is 0 Å². The maximum atomic E-state index is 13.6. The quantitative estimate of drug-likeness (QED) is 0.733. The van der Waals surface area contributed by atoms with Gasteiger partial charge in [-0.2, -0.15) is 0 Å². The number of hydrogen-bond acceptors (Lipinski definition) is 2. The normalized spacial score (nSPS) is 18.8. The highest BCUT2D eigenvalue weighted by Crippen LogP contribution is 2.30. The molecule has 0 fully saturated rings. The van der Waals surface area contributed by atoms with Crippen molar-refractivity contribution in [2.24, 2.45) is 5.92 Å². The summed E-state index contributed by atoms with van der Waals surface area (Å²) < 4.78 is 0. The van der Waals surface area contributed by atoms with Crippen molar-refractivity contribution < 1.29 is 9.59 Å². The third-order valence-electron chi connectivity index (χ3n) is 6.21. The lowest BCUT2D eigenvalue weighted by Gasteiger charge is -2.39. The topological polar surface area (TPSA) is 49.4 Å². The molecule has 0 aliphatic carbocycles. The highest BCUT2D eigenvalue weighted by molar-refractivity contribution is 6.01. The largest absolute Gasteiger partial charge is 0.354 e. The molecule has 1 aliphatic heterocycles. The summed E-state index contributed by atoms with van der Waals surface area (Å²) in [5.41, 5.74) is 3.28. The average Bonchev–Trinajstić information content (AvgIpc) is 2.83. The Kier molecular flexibility index (Phi) is 6.96. The molecule has 3 rings (SSSR count). The van der Waals surface area contributed by atoms with Gasteiger partial charge in [-0.1, -0.05) is 61.9 Å². The zero-order chi connectivity index (χ0) is 21.7. The van der Waals surface area contributed by atoms with E-state index in [4.69, 9.17) is 0 Å². The number of hydrogen-bond donors (Lipinski definition) is 1. The Labute approximate surface area is 180 Å². The number of nitrogens with zero attached hydrogens (tertiary/aromatic N) is 1. The van der Waals surface area contributed by atoms with E-state index in [9.17, 15) is 9.59 Å². The van der Waals surface area contributed by atoms with Crippen LogP contribution in [0.2, 0.25) is 0 Å². The SMILES string of the molecule is Cc1ccc(CCN2C(=O)c3ccccc3CCC2(C)C(=O)NCCC(C)C)cc1. The molecule has 160 valence electrons. The Morgan fingerprint density at radius 2 is 1.83 bits per heavy atom. The summed E-state index contributed by atoms with van der Waals surface area (Å²) in [4.78, 5) is 28.7. The zero-order valence-electron chi connectivity index (χ0n) is 18.7. The van der Waals surface area contributed by atoms with Gasteiger partial charge in [-0.25, -0.2) is 0 Å². The molecule has 4 nitrogen and oxygen atoms in total. The Morgan fingerprint density at radius 3 is 2.53 bits per heavy atom. The van der Waals surface area contributed by atoms with Crippen molar-refractivity contribution >= 4 is 11.8 Å². The molecule has 0 bridgehead atoms. The van der Waals surface area contributed by atoms with Gasteiger partial charge in [-0.05, 0) is 62.6 Å². The Hall–Kier alpha value is -2.62. The summed E-state index contributed by atoms with van der Waals surface area (Å²) in [6, 6.07) is 16.2. The summed E-state index contributed by atoms with van der Waals surface area (Å²) in [6.45, 7) is 9.44. The van der Waals surface area contributed by atoms with Crippen LogP contribution in [0.3, 0.4) is 0 Å². The van der Waals surface area contributed by atoms with Crippen molar-refractivity contribution in [3.63, 3.8) is 0 Å². The number of rotatable bonds is 7. The second kappa shape index (κ2) is 9.46. The molecule has 2 aromatic carbocycles. The number of carbonyl (C=O) groups is 2. The molecule has 30 heavy (non-hydrogen) atoms. The maximum Gasteiger partial charge on any atom is 0.255 e. The van der Waals surface area contributed by atoms with Crippen LogP contribution >= 0.6 is 0 Å².